The first-order valence-corrected chi connectivity index (χ1v) is 4.73. The number of carbonyl (C=O) groups is 1. The van der Waals surface area contributed by atoms with Crippen LogP contribution in [0.15, 0.2) is 0 Å². The Kier molecular flexibility index (Phi) is 5.31. The highest BCUT2D eigenvalue weighted by Gasteiger charge is 2.45. The average molecular weight is 261 g/mol. The van der Waals surface area contributed by atoms with E-state index < -0.39 is 29.6 Å². The van der Waals surface area contributed by atoms with Gasteiger partial charge in [0.15, 0.2) is 0 Å². The Morgan fingerprint density at radius 2 is 2.25 bits per heavy atom. The molecule has 0 radical (unpaired) electrons. The molecule has 1 atom stereocenters. The summed E-state index contributed by atoms with van der Waals surface area (Å²) >= 11 is -0.764. The van der Waals surface area contributed by atoms with Crippen LogP contribution < -0.4 is 5.26 Å². The maximum atomic E-state index is 12.8. The summed E-state index contributed by atoms with van der Waals surface area (Å²) in [7, 11) is 0. The summed E-state index contributed by atoms with van der Waals surface area (Å²) in [5, 5.41) is 7.94. The average Bonchev–Trinajstić information content (AvgIpc) is 2.28. The predicted octanol–water partition coefficient (Wildman–Crippen LogP) is -0.633. The van der Waals surface area contributed by atoms with Crippen molar-refractivity contribution in [1.82, 2.24) is 0 Å². The van der Waals surface area contributed by atoms with Gasteiger partial charge in [0.05, 0.1) is 13.2 Å². The molecule has 1 heterocycles. The monoisotopic (exact) mass is 261 g/mol. The molecule has 0 bridgehead atoms. The van der Waals surface area contributed by atoms with Gasteiger partial charge in [-0.15, -0.1) is 0 Å². The van der Waals surface area contributed by atoms with Gasteiger partial charge in [0.1, 0.15) is 18.6 Å². The SMILES string of the molecule is O=C(OC1COCCO1)C(F)(F)SOO[O-]. The highest BCUT2D eigenvalue weighted by molar-refractivity contribution is 7.96. The summed E-state index contributed by atoms with van der Waals surface area (Å²) in [5.74, 6) is -1.91. The summed E-state index contributed by atoms with van der Waals surface area (Å²) < 4.78 is 42.8. The zero-order valence-corrected chi connectivity index (χ0v) is 8.54. The lowest BCUT2D eigenvalue weighted by atomic mass is 10.6. The van der Waals surface area contributed by atoms with Crippen LogP contribution in [0.3, 0.4) is 0 Å². The molecule has 1 aliphatic rings. The number of halogens is 2. The molecule has 0 N–H and O–H groups in total. The maximum Gasteiger partial charge on any atom is 0.415 e. The number of carbonyl (C=O) groups excluding carboxylic acids is 1. The minimum absolute atomic E-state index is 0.134. The van der Waals surface area contributed by atoms with Crippen molar-refractivity contribution in [3.63, 3.8) is 0 Å². The van der Waals surface area contributed by atoms with E-state index in [0.717, 1.165) is 0 Å². The lowest BCUT2D eigenvalue weighted by molar-refractivity contribution is -0.777. The highest BCUT2D eigenvalue weighted by atomic mass is 32.2. The second-order valence-electron chi connectivity index (χ2n) is 2.52. The highest BCUT2D eigenvalue weighted by Crippen LogP contribution is 2.31. The molecule has 0 amide bonds. The molecule has 1 saturated heterocycles. The molecule has 10 heteroatoms. The van der Waals surface area contributed by atoms with Gasteiger partial charge in [-0.3, -0.25) is 5.04 Å². The third kappa shape index (κ3) is 4.15. The number of ether oxygens (including phenoxy) is 3. The second-order valence-corrected chi connectivity index (χ2v) is 3.33. The van der Waals surface area contributed by atoms with Gasteiger partial charge in [-0.1, -0.05) is 0 Å². The summed E-state index contributed by atoms with van der Waals surface area (Å²) in [4.78, 5) is 10.9. The molecule has 7 nitrogen and oxygen atoms in total. The maximum absolute atomic E-state index is 12.8. The summed E-state index contributed by atoms with van der Waals surface area (Å²) in [6.45, 7) is 0.300. The third-order valence-electron chi connectivity index (χ3n) is 1.43. The van der Waals surface area contributed by atoms with Crippen LogP contribution in [-0.2, 0) is 28.4 Å². The topological polar surface area (TPSA) is 86.3 Å². The van der Waals surface area contributed by atoms with Crippen molar-refractivity contribution in [1.29, 1.82) is 0 Å². The fourth-order valence-electron chi connectivity index (χ4n) is 0.813. The van der Waals surface area contributed by atoms with Crippen LogP contribution in [0.1, 0.15) is 0 Å². The van der Waals surface area contributed by atoms with Crippen molar-refractivity contribution in [3.8, 4) is 0 Å². The van der Waals surface area contributed by atoms with Crippen LogP contribution in [-0.4, -0.2) is 37.3 Å². The quantitative estimate of drug-likeness (QED) is 0.280. The van der Waals surface area contributed by atoms with Gasteiger partial charge < -0.3 is 19.5 Å². The minimum Gasteiger partial charge on any atom is -0.691 e. The predicted molar refractivity (Wildman–Crippen MR) is 41.4 cm³/mol. The molecular weight excluding hydrogens is 254 g/mol. The van der Waals surface area contributed by atoms with E-state index in [1.807, 2.05) is 0 Å². The molecule has 0 saturated carbocycles. The van der Waals surface area contributed by atoms with E-state index in [4.69, 9.17) is 9.47 Å². The first kappa shape index (κ1) is 13.5. The van der Waals surface area contributed by atoms with Crippen LogP contribution in [0.2, 0.25) is 0 Å². The van der Waals surface area contributed by atoms with Crippen molar-refractivity contribution in [3.05, 3.63) is 0 Å². The Hall–Kier alpha value is -0.520. The van der Waals surface area contributed by atoms with Crippen molar-refractivity contribution in [2.75, 3.05) is 19.8 Å². The first-order valence-electron chi connectivity index (χ1n) is 3.99. The van der Waals surface area contributed by atoms with E-state index in [1.54, 1.807) is 0 Å². The van der Waals surface area contributed by atoms with Gasteiger partial charge in [0.2, 0.25) is 6.29 Å². The molecule has 0 aromatic carbocycles. The van der Waals surface area contributed by atoms with Crippen molar-refractivity contribution in [2.45, 2.75) is 11.5 Å². The van der Waals surface area contributed by atoms with Crippen molar-refractivity contribution >= 4 is 18.0 Å². The van der Waals surface area contributed by atoms with Crippen LogP contribution in [0.25, 0.3) is 0 Å². The van der Waals surface area contributed by atoms with E-state index in [0.29, 0.717) is 6.61 Å². The van der Waals surface area contributed by atoms with Crippen LogP contribution in [0.5, 0.6) is 0 Å². The van der Waals surface area contributed by atoms with Gasteiger partial charge in [-0.2, -0.15) is 13.1 Å². The van der Waals surface area contributed by atoms with Crippen molar-refractivity contribution < 1.29 is 42.4 Å². The number of rotatable bonds is 5. The molecule has 1 unspecified atom stereocenters. The van der Waals surface area contributed by atoms with Gasteiger partial charge >= 0.3 is 11.2 Å². The van der Waals surface area contributed by atoms with Crippen LogP contribution >= 0.6 is 12.0 Å². The van der Waals surface area contributed by atoms with E-state index in [-0.39, 0.29) is 13.2 Å². The standard InChI is InChI=1S/C6H8F2O7S/c7-6(8,16-15-14-10)5(9)13-4-3-11-1-2-12-4/h4,10H,1-3H2/p-1. The largest absolute Gasteiger partial charge is 0.691 e. The first-order chi connectivity index (χ1) is 7.56. The summed E-state index contributed by atoms with van der Waals surface area (Å²) in [6.07, 6.45) is -1.19. The fraction of sp³-hybridized carbons (Fsp3) is 0.833. The summed E-state index contributed by atoms with van der Waals surface area (Å²) in [6, 6.07) is 0. The van der Waals surface area contributed by atoms with Gasteiger partial charge in [-0.05, 0) is 0 Å². The molecule has 1 fully saturated rings. The van der Waals surface area contributed by atoms with E-state index in [1.165, 1.54) is 0 Å². The zero-order chi connectivity index (χ0) is 12.0. The minimum atomic E-state index is -4.06. The normalized spacial score (nSPS) is 21.8. The molecule has 0 spiro atoms. The molecular formula is C6H7F2O7S-. The summed E-state index contributed by atoms with van der Waals surface area (Å²) in [5.41, 5.74) is 0. The Labute approximate surface area is 92.6 Å². The van der Waals surface area contributed by atoms with Crippen molar-refractivity contribution in [2.24, 2.45) is 0 Å². The molecule has 0 aromatic rings. The zero-order valence-electron chi connectivity index (χ0n) is 7.72. The van der Waals surface area contributed by atoms with Crippen LogP contribution in [0.4, 0.5) is 8.78 Å². The van der Waals surface area contributed by atoms with E-state index >= 15 is 0 Å². The number of alkyl halides is 2. The molecule has 0 aromatic heterocycles. The smallest absolute Gasteiger partial charge is 0.415 e. The molecule has 16 heavy (non-hydrogen) atoms. The molecule has 0 aliphatic carbocycles. The molecule has 1 aliphatic heterocycles. The van der Waals surface area contributed by atoms with Crippen LogP contribution in [0, 0.1) is 0 Å². The Morgan fingerprint density at radius 3 is 2.81 bits per heavy atom. The fourth-order valence-corrected chi connectivity index (χ4v) is 1.04. The van der Waals surface area contributed by atoms with Gasteiger partial charge in [0, 0.05) is 0 Å². The molecule has 1 rings (SSSR count). The second kappa shape index (κ2) is 6.27. The molecule has 94 valence electrons. The lowest BCUT2D eigenvalue weighted by Gasteiger charge is -2.24. The number of esters is 1. The Bertz CT molecular complexity index is 233. The van der Waals surface area contributed by atoms with Gasteiger partial charge in [0.25, 0.3) is 0 Å². The van der Waals surface area contributed by atoms with E-state index in [2.05, 4.69) is 14.1 Å². The van der Waals surface area contributed by atoms with E-state index in [9.17, 15) is 18.8 Å². The third-order valence-corrected chi connectivity index (χ3v) is 1.93. The van der Waals surface area contributed by atoms with Gasteiger partial charge in [-0.25, -0.2) is 4.79 Å². The Morgan fingerprint density at radius 1 is 1.50 bits per heavy atom. The Balaban J connectivity index is 2.36. The number of hydrogen-bond donors (Lipinski definition) is 0. The number of hydrogen-bond acceptors (Lipinski definition) is 8. The lowest BCUT2D eigenvalue weighted by Crippen LogP contribution is -2.38.